The summed E-state index contributed by atoms with van der Waals surface area (Å²) in [7, 11) is 0. The van der Waals surface area contributed by atoms with Crippen molar-refractivity contribution in [2.24, 2.45) is 0 Å². The molecule has 2 aromatic rings. The van der Waals surface area contributed by atoms with Gasteiger partial charge in [0, 0.05) is 12.0 Å². The summed E-state index contributed by atoms with van der Waals surface area (Å²) in [5.41, 5.74) is 2.90. The Bertz CT molecular complexity index is 730. The minimum Gasteiger partial charge on any atom is -0.478 e. The summed E-state index contributed by atoms with van der Waals surface area (Å²) in [5.74, 6) is -0.684. The molecule has 1 amide bonds. The first-order chi connectivity index (χ1) is 10.8. The Morgan fingerprint density at radius 3 is 2.57 bits per heavy atom. The molecule has 0 aliphatic carbocycles. The van der Waals surface area contributed by atoms with Crippen LogP contribution in [0, 0.1) is 20.8 Å². The maximum Gasteiger partial charge on any atom is 0.337 e. The number of nitrogens with zero attached hydrogens (tertiary/aromatic N) is 1. The van der Waals surface area contributed by atoms with E-state index in [1.54, 1.807) is 19.1 Å². The van der Waals surface area contributed by atoms with Gasteiger partial charge in [-0.15, -0.1) is 0 Å². The number of carbonyl (C=O) groups is 2. The second-order valence-electron chi connectivity index (χ2n) is 5.75. The molecule has 1 unspecified atom stereocenters. The molecule has 0 radical (unpaired) electrons. The number of benzene rings is 1. The molecule has 0 aliphatic heterocycles. The molecule has 0 saturated heterocycles. The zero-order valence-corrected chi connectivity index (χ0v) is 13.6. The topological polar surface area (TPSA) is 92.4 Å². The summed E-state index contributed by atoms with van der Waals surface area (Å²) in [6.07, 6.45) is 0.218. The number of amides is 1. The number of carboxylic acid groups (broad SMARTS) is 1. The summed E-state index contributed by atoms with van der Waals surface area (Å²) >= 11 is 0. The van der Waals surface area contributed by atoms with Gasteiger partial charge < -0.3 is 14.9 Å². The molecular weight excluding hydrogens is 296 g/mol. The largest absolute Gasteiger partial charge is 0.478 e. The Hall–Kier alpha value is -2.63. The van der Waals surface area contributed by atoms with Crippen molar-refractivity contribution in [1.82, 2.24) is 5.16 Å². The number of hydrogen-bond donors (Lipinski definition) is 2. The SMILES string of the molecule is Cc1ccc(NC(=O)CC(C)c2c(C)noc2C)c(C(=O)O)c1. The third-order valence-corrected chi connectivity index (χ3v) is 3.75. The van der Waals surface area contributed by atoms with Crippen molar-refractivity contribution < 1.29 is 19.2 Å². The summed E-state index contributed by atoms with van der Waals surface area (Å²) in [5, 5.41) is 15.8. The molecular formula is C17H20N2O4. The van der Waals surface area contributed by atoms with Gasteiger partial charge >= 0.3 is 5.97 Å². The summed E-state index contributed by atoms with van der Waals surface area (Å²) in [4.78, 5) is 23.5. The lowest BCUT2D eigenvalue weighted by Crippen LogP contribution is -2.17. The molecule has 1 aromatic heterocycles. The number of hydrogen-bond acceptors (Lipinski definition) is 4. The van der Waals surface area contributed by atoms with Crippen molar-refractivity contribution >= 4 is 17.6 Å². The standard InChI is InChI=1S/C17H20N2O4/c1-9-5-6-14(13(7-9)17(21)22)18-15(20)8-10(2)16-11(3)19-23-12(16)4/h5-7,10H,8H2,1-4H3,(H,18,20)(H,21,22). The van der Waals surface area contributed by atoms with Crippen molar-refractivity contribution in [1.29, 1.82) is 0 Å². The van der Waals surface area contributed by atoms with Gasteiger partial charge in [-0.2, -0.15) is 0 Å². The van der Waals surface area contributed by atoms with E-state index in [1.165, 1.54) is 6.07 Å². The van der Waals surface area contributed by atoms with E-state index >= 15 is 0 Å². The molecule has 2 N–H and O–H groups in total. The predicted molar refractivity (Wildman–Crippen MR) is 85.8 cm³/mol. The van der Waals surface area contributed by atoms with E-state index < -0.39 is 5.97 Å². The molecule has 23 heavy (non-hydrogen) atoms. The van der Waals surface area contributed by atoms with E-state index in [4.69, 9.17) is 4.52 Å². The quantitative estimate of drug-likeness (QED) is 0.881. The molecule has 0 spiro atoms. The van der Waals surface area contributed by atoms with Crippen LogP contribution in [-0.2, 0) is 4.79 Å². The van der Waals surface area contributed by atoms with Gasteiger partial charge in [-0.1, -0.05) is 23.7 Å². The predicted octanol–water partition coefficient (Wildman–Crippen LogP) is 3.43. The van der Waals surface area contributed by atoms with Crippen LogP contribution in [0.15, 0.2) is 22.7 Å². The lowest BCUT2D eigenvalue weighted by Gasteiger charge is -2.13. The van der Waals surface area contributed by atoms with E-state index in [1.807, 2.05) is 20.8 Å². The zero-order valence-electron chi connectivity index (χ0n) is 13.6. The number of aryl methyl sites for hydroxylation is 3. The fourth-order valence-corrected chi connectivity index (χ4v) is 2.72. The Morgan fingerprint density at radius 2 is 2.00 bits per heavy atom. The molecule has 1 heterocycles. The molecule has 122 valence electrons. The first kappa shape index (κ1) is 16.7. The van der Waals surface area contributed by atoms with Crippen LogP contribution in [0.25, 0.3) is 0 Å². The molecule has 1 aromatic carbocycles. The van der Waals surface area contributed by atoms with Gasteiger partial charge in [-0.05, 0) is 38.8 Å². The van der Waals surface area contributed by atoms with E-state index in [2.05, 4.69) is 10.5 Å². The number of carbonyl (C=O) groups excluding carboxylic acids is 1. The van der Waals surface area contributed by atoms with Gasteiger partial charge in [0.05, 0.1) is 16.9 Å². The lowest BCUT2D eigenvalue weighted by molar-refractivity contribution is -0.116. The van der Waals surface area contributed by atoms with E-state index in [9.17, 15) is 14.7 Å². The third kappa shape index (κ3) is 3.77. The average Bonchev–Trinajstić information content (AvgIpc) is 2.79. The van der Waals surface area contributed by atoms with E-state index in [0.29, 0.717) is 11.4 Å². The van der Waals surface area contributed by atoms with E-state index in [0.717, 1.165) is 16.8 Å². The second kappa shape index (κ2) is 6.64. The lowest BCUT2D eigenvalue weighted by atomic mass is 9.96. The fourth-order valence-electron chi connectivity index (χ4n) is 2.72. The second-order valence-corrected chi connectivity index (χ2v) is 5.75. The van der Waals surface area contributed by atoms with Crippen LogP contribution in [0.2, 0.25) is 0 Å². The Labute approximate surface area is 134 Å². The third-order valence-electron chi connectivity index (χ3n) is 3.75. The molecule has 0 bridgehead atoms. The van der Waals surface area contributed by atoms with Crippen molar-refractivity contribution in [2.45, 2.75) is 40.0 Å². The van der Waals surface area contributed by atoms with Crippen LogP contribution < -0.4 is 5.32 Å². The molecule has 0 saturated carbocycles. The Kier molecular flexibility index (Phi) is 4.83. The fraction of sp³-hybridized carbons (Fsp3) is 0.353. The van der Waals surface area contributed by atoms with Gasteiger partial charge in [0.15, 0.2) is 0 Å². The van der Waals surface area contributed by atoms with Gasteiger partial charge in [0.2, 0.25) is 5.91 Å². The van der Waals surface area contributed by atoms with Gasteiger partial charge in [-0.3, -0.25) is 4.79 Å². The van der Waals surface area contributed by atoms with Crippen LogP contribution in [0.3, 0.4) is 0 Å². The molecule has 2 rings (SSSR count). The van der Waals surface area contributed by atoms with Crippen molar-refractivity contribution in [3.05, 3.63) is 46.3 Å². The minimum atomic E-state index is -1.07. The van der Waals surface area contributed by atoms with Gasteiger partial charge in [0.25, 0.3) is 0 Å². The number of carboxylic acids is 1. The van der Waals surface area contributed by atoms with Crippen molar-refractivity contribution in [3.63, 3.8) is 0 Å². The zero-order chi connectivity index (χ0) is 17.1. The number of rotatable bonds is 5. The van der Waals surface area contributed by atoms with Crippen LogP contribution in [0.5, 0.6) is 0 Å². The maximum atomic E-state index is 12.2. The van der Waals surface area contributed by atoms with E-state index in [-0.39, 0.29) is 23.8 Å². The van der Waals surface area contributed by atoms with Gasteiger partial charge in [0.1, 0.15) is 5.76 Å². The minimum absolute atomic E-state index is 0.0695. The number of aromatic carboxylic acids is 1. The molecule has 6 nitrogen and oxygen atoms in total. The van der Waals surface area contributed by atoms with Crippen molar-refractivity contribution in [2.75, 3.05) is 5.32 Å². The first-order valence-corrected chi connectivity index (χ1v) is 7.36. The van der Waals surface area contributed by atoms with Crippen LogP contribution >= 0.6 is 0 Å². The highest BCUT2D eigenvalue weighted by Gasteiger charge is 2.20. The maximum absolute atomic E-state index is 12.2. The van der Waals surface area contributed by atoms with Gasteiger partial charge in [-0.25, -0.2) is 4.79 Å². The summed E-state index contributed by atoms with van der Waals surface area (Å²) < 4.78 is 5.12. The highest BCUT2D eigenvalue weighted by Crippen LogP contribution is 2.26. The highest BCUT2D eigenvalue weighted by molar-refractivity contribution is 6.00. The van der Waals surface area contributed by atoms with Crippen molar-refractivity contribution in [3.8, 4) is 0 Å². The van der Waals surface area contributed by atoms with Crippen LogP contribution in [0.4, 0.5) is 5.69 Å². The molecule has 0 aliphatic rings. The Balaban J connectivity index is 2.13. The molecule has 1 atom stereocenters. The van der Waals surface area contributed by atoms with Crippen LogP contribution in [0.1, 0.15) is 52.2 Å². The average molecular weight is 316 g/mol. The highest BCUT2D eigenvalue weighted by atomic mass is 16.5. The first-order valence-electron chi connectivity index (χ1n) is 7.36. The number of nitrogens with one attached hydrogen (secondary N) is 1. The Morgan fingerprint density at radius 1 is 1.30 bits per heavy atom. The number of anilines is 1. The monoisotopic (exact) mass is 316 g/mol. The van der Waals surface area contributed by atoms with Crippen LogP contribution in [-0.4, -0.2) is 22.1 Å². The molecule has 6 heteroatoms. The smallest absolute Gasteiger partial charge is 0.337 e. The summed E-state index contributed by atoms with van der Waals surface area (Å²) in [6.45, 7) is 7.37. The summed E-state index contributed by atoms with van der Waals surface area (Å²) in [6, 6.07) is 4.91. The molecule has 0 fully saturated rings. The normalized spacial score (nSPS) is 12.0. The number of aromatic nitrogens is 1.